The Morgan fingerprint density at radius 2 is 1.39 bits per heavy atom. The van der Waals surface area contributed by atoms with Crippen LogP contribution in [-0.4, -0.2) is 16.9 Å². The Morgan fingerprint density at radius 3 is 1.91 bits per heavy atom. The molecule has 0 bridgehead atoms. The molecule has 0 heterocycles. The second-order valence-corrected chi connectivity index (χ2v) is 6.29. The van der Waals surface area contributed by atoms with Crippen LogP contribution in [-0.2, 0) is 15.0 Å². The maximum Gasteiger partial charge on any atom is 0.314 e. The number of hydrogen-bond acceptors (Lipinski definition) is 3. The van der Waals surface area contributed by atoms with Crippen LogP contribution in [0.4, 0.5) is 11.4 Å². The van der Waals surface area contributed by atoms with E-state index in [1.54, 1.807) is 18.2 Å². The molecule has 23 heavy (non-hydrogen) atoms. The third-order valence-corrected chi connectivity index (χ3v) is 3.30. The Balaban J connectivity index is 2.05. The summed E-state index contributed by atoms with van der Waals surface area (Å²) in [6.07, 6.45) is 0. The summed E-state index contributed by atoms with van der Waals surface area (Å²) in [4.78, 5) is 23.9. The zero-order valence-corrected chi connectivity index (χ0v) is 13.4. The Morgan fingerprint density at radius 1 is 0.870 bits per heavy atom. The van der Waals surface area contributed by atoms with Crippen LogP contribution in [0.25, 0.3) is 0 Å². The lowest BCUT2D eigenvalue weighted by Gasteiger charge is -2.19. The molecule has 2 aromatic carbocycles. The second kappa shape index (κ2) is 6.52. The van der Waals surface area contributed by atoms with Crippen LogP contribution in [0.2, 0.25) is 0 Å². The number of carbonyl (C=O) groups excluding carboxylic acids is 2. The number of rotatable bonds is 2. The highest BCUT2D eigenvalue weighted by atomic mass is 16.3. The molecular formula is C18H20N2O3. The highest BCUT2D eigenvalue weighted by molar-refractivity contribution is 6.43. The van der Waals surface area contributed by atoms with E-state index in [1.807, 2.05) is 18.2 Å². The van der Waals surface area contributed by atoms with Crippen molar-refractivity contribution in [2.75, 3.05) is 10.6 Å². The molecule has 2 rings (SSSR count). The summed E-state index contributed by atoms with van der Waals surface area (Å²) in [6.45, 7) is 6.22. The summed E-state index contributed by atoms with van der Waals surface area (Å²) in [7, 11) is 0. The normalized spacial score (nSPS) is 10.9. The van der Waals surface area contributed by atoms with Gasteiger partial charge in [-0.3, -0.25) is 9.59 Å². The fourth-order valence-electron chi connectivity index (χ4n) is 2.02. The first-order valence-corrected chi connectivity index (χ1v) is 7.27. The van der Waals surface area contributed by atoms with Crippen molar-refractivity contribution in [3.8, 4) is 5.75 Å². The Labute approximate surface area is 135 Å². The molecule has 0 fully saturated rings. The van der Waals surface area contributed by atoms with Gasteiger partial charge in [0.15, 0.2) is 0 Å². The largest absolute Gasteiger partial charge is 0.508 e. The van der Waals surface area contributed by atoms with E-state index < -0.39 is 11.8 Å². The first-order chi connectivity index (χ1) is 10.8. The molecule has 5 nitrogen and oxygen atoms in total. The molecule has 0 unspecified atom stereocenters. The van der Waals surface area contributed by atoms with Crippen LogP contribution in [0.15, 0.2) is 48.5 Å². The standard InChI is InChI=1S/C18H20N2O3/c1-18(2,3)12-6-4-7-13(10-12)19-16(22)17(23)20-14-8-5-9-15(21)11-14/h4-11,21H,1-3H3,(H,19,22)(H,20,23). The summed E-state index contributed by atoms with van der Waals surface area (Å²) < 4.78 is 0. The number of aromatic hydroxyl groups is 1. The second-order valence-electron chi connectivity index (χ2n) is 6.29. The van der Waals surface area contributed by atoms with E-state index in [0.29, 0.717) is 11.4 Å². The first-order valence-electron chi connectivity index (χ1n) is 7.27. The number of hydrogen-bond donors (Lipinski definition) is 3. The van der Waals surface area contributed by atoms with Crippen LogP contribution in [0.5, 0.6) is 5.75 Å². The van der Waals surface area contributed by atoms with Gasteiger partial charge in [-0.05, 0) is 35.2 Å². The van der Waals surface area contributed by atoms with Gasteiger partial charge >= 0.3 is 11.8 Å². The molecule has 0 aliphatic heterocycles. The maximum absolute atomic E-state index is 12.0. The number of nitrogens with one attached hydrogen (secondary N) is 2. The van der Waals surface area contributed by atoms with Crippen molar-refractivity contribution in [1.82, 2.24) is 0 Å². The van der Waals surface area contributed by atoms with Crippen molar-refractivity contribution in [3.63, 3.8) is 0 Å². The Bertz CT molecular complexity index is 733. The van der Waals surface area contributed by atoms with Crippen molar-refractivity contribution in [3.05, 3.63) is 54.1 Å². The van der Waals surface area contributed by atoms with Crippen LogP contribution < -0.4 is 10.6 Å². The molecule has 120 valence electrons. The van der Waals surface area contributed by atoms with Gasteiger partial charge < -0.3 is 15.7 Å². The van der Waals surface area contributed by atoms with E-state index in [-0.39, 0.29) is 11.2 Å². The van der Waals surface area contributed by atoms with E-state index in [0.717, 1.165) is 5.56 Å². The van der Waals surface area contributed by atoms with Gasteiger partial charge in [0.2, 0.25) is 0 Å². The van der Waals surface area contributed by atoms with Crippen molar-refractivity contribution < 1.29 is 14.7 Å². The highest BCUT2D eigenvalue weighted by Gasteiger charge is 2.17. The number of phenolic OH excluding ortho intramolecular Hbond substituents is 1. The number of amides is 2. The molecule has 0 aromatic heterocycles. The number of benzene rings is 2. The molecule has 0 saturated carbocycles. The van der Waals surface area contributed by atoms with Crippen molar-refractivity contribution >= 4 is 23.2 Å². The molecular weight excluding hydrogens is 292 g/mol. The molecule has 0 spiro atoms. The Hall–Kier alpha value is -2.82. The van der Waals surface area contributed by atoms with Crippen LogP contribution in [0.1, 0.15) is 26.3 Å². The number of anilines is 2. The fraction of sp³-hybridized carbons (Fsp3) is 0.222. The zero-order valence-electron chi connectivity index (χ0n) is 13.4. The molecule has 0 aliphatic rings. The average Bonchev–Trinajstić information content (AvgIpc) is 2.46. The predicted molar refractivity (Wildman–Crippen MR) is 90.5 cm³/mol. The molecule has 0 saturated heterocycles. The van der Waals surface area contributed by atoms with Gasteiger partial charge in [0.25, 0.3) is 0 Å². The number of phenols is 1. The topological polar surface area (TPSA) is 78.4 Å². The van der Waals surface area contributed by atoms with Crippen molar-refractivity contribution in [2.24, 2.45) is 0 Å². The lowest BCUT2D eigenvalue weighted by atomic mass is 9.87. The summed E-state index contributed by atoms with van der Waals surface area (Å²) in [5, 5.41) is 14.4. The van der Waals surface area contributed by atoms with Crippen molar-refractivity contribution in [1.29, 1.82) is 0 Å². The van der Waals surface area contributed by atoms with Gasteiger partial charge in [-0.2, -0.15) is 0 Å². The quantitative estimate of drug-likeness (QED) is 0.745. The fourth-order valence-corrected chi connectivity index (χ4v) is 2.02. The summed E-state index contributed by atoms with van der Waals surface area (Å²) in [6, 6.07) is 13.4. The highest BCUT2D eigenvalue weighted by Crippen LogP contribution is 2.24. The average molecular weight is 312 g/mol. The van der Waals surface area contributed by atoms with Gasteiger partial charge in [0.05, 0.1) is 0 Å². The van der Waals surface area contributed by atoms with E-state index in [2.05, 4.69) is 31.4 Å². The number of carbonyl (C=O) groups is 2. The monoisotopic (exact) mass is 312 g/mol. The minimum absolute atomic E-state index is 0.0149. The van der Waals surface area contributed by atoms with E-state index in [9.17, 15) is 14.7 Å². The minimum Gasteiger partial charge on any atom is -0.508 e. The molecule has 0 atom stereocenters. The minimum atomic E-state index is -0.795. The molecule has 2 amide bonds. The van der Waals surface area contributed by atoms with Gasteiger partial charge in [0, 0.05) is 17.4 Å². The molecule has 5 heteroatoms. The van der Waals surface area contributed by atoms with E-state index in [4.69, 9.17) is 0 Å². The van der Waals surface area contributed by atoms with Gasteiger partial charge in [-0.1, -0.05) is 39.0 Å². The first kappa shape index (κ1) is 16.5. The summed E-state index contributed by atoms with van der Waals surface area (Å²) in [5.74, 6) is -1.54. The molecule has 0 aliphatic carbocycles. The third-order valence-electron chi connectivity index (χ3n) is 3.30. The lowest BCUT2D eigenvalue weighted by molar-refractivity contribution is -0.133. The molecule has 0 radical (unpaired) electrons. The molecule has 3 N–H and O–H groups in total. The predicted octanol–water partition coefficient (Wildman–Crippen LogP) is 3.27. The summed E-state index contributed by atoms with van der Waals surface area (Å²) >= 11 is 0. The molecule has 2 aromatic rings. The van der Waals surface area contributed by atoms with Crippen LogP contribution in [0, 0.1) is 0 Å². The van der Waals surface area contributed by atoms with Gasteiger partial charge in [-0.25, -0.2) is 0 Å². The van der Waals surface area contributed by atoms with Crippen molar-refractivity contribution in [2.45, 2.75) is 26.2 Å². The lowest BCUT2D eigenvalue weighted by Crippen LogP contribution is -2.29. The van der Waals surface area contributed by atoms with E-state index in [1.165, 1.54) is 12.1 Å². The Kier molecular flexibility index (Phi) is 4.69. The third kappa shape index (κ3) is 4.57. The SMILES string of the molecule is CC(C)(C)c1cccc(NC(=O)C(=O)Nc2cccc(O)c2)c1. The van der Waals surface area contributed by atoms with E-state index >= 15 is 0 Å². The smallest absolute Gasteiger partial charge is 0.314 e. The van der Waals surface area contributed by atoms with Crippen LogP contribution >= 0.6 is 0 Å². The zero-order chi connectivity index (χ0) is 17.0. The maximum atomic E-state index is 12.0. The summed E-state index contributed by atoms with van der Waals surface area (Å²) in [5.41, 5.74) is 1.93. The van der Waals surface area contributed by atoms with Gasteiger partial charge in [-0.15, -0.1) is 0 Å². The van der Waals surface area contributed by atoms with Gasteiger partial charge in [0.1, 0.15) is 5.75 Å². The van der Waals surface area contributed by atoms with Crippen LogP contribution in [0.3, 0.4) is 0 Å².